The average molecular weight is 462 g/mol. The Bertz CT molecular complexity index is 1350. The van der Waals surface area contributed by atoms with Crippen molar-refractivity contribution >= 4 is 40.0 Å². The van der Waals surface area contributed by atoms with Gasteiger partial charge < -0.3 is 14.8 Å². The molecule has 33 heavy (non-hydrogen) atoms. The maximum absolute atomic E-state index is 12.7. The van der Waals surface area contributed by atoms with Crippen LogP contribution >= 0.6 is 12.2 Å². The molecule has 168 valence electrons. The van der Waals surface area contributed by atoms with Gasteiger partial charge in [-0.1, -0.05) is 17.7 Å². The van der Waals surface area contributed by atoms with Gasteiger partial charge in [0, 0.05) is 11.8 Å². The van der Waals surface area contributed by atoms with E-state index in [4.69, 9.17) is 21.7 Å². The number of nitrogens with zero attached hydrogens (tertiary/aromatic N) is 3. The first kappa shape index (κ1) is 22.2. The number of benzene rings is 3. The number of ether oxygens (including phenoxy) is 2. The quantitative estimate of drug-likeness (QED) is 0.431. The van der Waals surface area contributed by atoms with E-state index in [1.165, 1.54) is 12.7 Å². The number of nitrogens with one attached hydrogen (secondary N) is 2. The number of hydrogen-bond acceptors (Lipinski definition) is 6. The number of fused-ring (bicyclic) bond motifs is 1. The van der Waals surface area contributed by atoms with E-state index in [9.17, 15) is 4.79 Å². The van der Waals surface area contributed by atoms with Gasteiger partial charge in [0.25, 0.3) is 5.91 Å². The largest absolute Gasteiger partial charge is 0.497 e. The molecule has 1 amide bonds. The van der Waals surface area contributed by atoms with Crippen molar-refractivity contribution in [3.63, 3.8) is 0 Å². The number of anilines is 1. The summed E-state index contributed by atoms with van der Waals surface area (Å²) in [5, 5.41) is 15.1. The van der Waals surface area contributed by atoms with Gasteiger partial charge in [-0.2, -0.15) is 4.80 Å². The normalized spacial score (nSPS) is 10.7. The van der Waals surface area contributed by atoms with Gasteiger partial charge >= 0.3 is 0 Å². The molecule has 0 aliphatic carbocycles. The minimum Gasteiger partial charge on any atom is -0.497 e. The van der Waals surface area contributed by atoms with E-state index in [-0.39, 0.29) is 5.11 Å². The Morgan fingerprint density at radius 2 is 1.64 bits per heavy atom. The maximum atomic E-state index is 12.7. The number of methoxy groups -OCH3 is 2. The third kappa shape index (κ3) is 4.78. The van der Waals surface area contributed by atoms with Gasteiger partial charge in [-0.25, -0.2) is 0 Å². The lowest BCUT2D eigenvalue weighted by Gasteiger charge is -2.13. The lowest BCUT2D eigenvalue weighted by Crippen LogP contribution is -2.34. The molecule has 8 nitrogen and oxygen atoms in total. The SMILES string of the molecule is COc1ccc(C(=O)NC(=S)Nc2cc3nn(-c4ccc(C)cc4)nc3cc2C)c(OC)c1. The minimum absolute atomic E-state index is 0.159. The topological polar surface area (TPSA) is 90.3 Å². The molecule has 4 aromatic rings. The van der Waals surface area contributed by atoms with Gasteiger partial charge in [-0.05, 0) is 68.0 Å². The van der Waals surface area contributed by atoms with E-state index in [0.717, 1.165) is 22.5 Å². The highest BCUT2D eigenvalue weighted by Crippen LogP contribution is 2.25. The zero-order valence-corrected chi connectivity index (χ0v) is 19.5. The zero-order chi connectivity index (χ0) is 23.5. The Kier molecular flexibility index (Phi) is 6.23. The molecule has 0 bridgehead atoms. The number of rotatable bonds is 5. The van der Waals surface area contributed by atoms with Crippen LogP contribution < -0.4 is 20.1 Å². The van der Waals surface area contributed by atoms with E-state index in [1.54, 1.807) is 30.1 Å². The number of carbonyl (C=O) groups excluding carboxylic acids is 1. The smallest absolute Gasteiger partial charge is 0.261 e. The van der Waals surface area contributed by atoms with Gasteiger partial charge in [-0.15, -0.1) is 10.2 Å². The fourth-order valence-electron chi connectivity index (χ4n) is 3.31. The second kappa shape index (κ2) is 9.25. The number of aryl methyl sites for hydroxylation is 2. The lowest BCUT2D eigenvalue weighted by molar-refractivity contribution is 0.0974. The molecule has 0 saturated heterocycles. The van der Waals surface area contributed by atoms with E-state index in [0.29, 0.717) is 22.6 Å². The summed E-state index contributed by atoms with van der Waals surface area (Å²) in [4.78, 5) is 14.3. The Labute approximate surface area is 196 Å². The molecule has 9 heteroatoms. The molecular weight excluding hydrogens is 438 g/mol. The van der Waals surface area contributed by atoms with Crippen molar-refractivity contribution in [2.75, 3.05) is 19.5 Å². The molecule has 0 fully saturated rings. The van der Waals surface area contributed by atoms with Crippen LogP contribution in [-0.2, 0) is 0 Å². The number of hydrogen-bond donors (Lipinski definition) is 2. The van der Waals surface area contributed by atoms with Crippen LogP contribution in [0.1, 0.15) is 21.5 Å². The van der Waals surface area contributed by atoms with Gasteiger partial charge in [0.15, 0.2) is 5.11 Å². The predicted octanol–water partition coefficient (Wildman–Crippen LogP) is 4.18. The molecule has 0 unspecified atom stereocenters. The summed E-state index contributed by atoms with van der Waals surface area (Å²) in [6.45, 7) is 3.97. The summed E-state index contributed by atoms with van der Waals surface area (Å²) in [6, 6.07) is 16.7. The standard InChI is InChI=1S/C24H23N5O3S/c1-14-5-7-16(8-6-14)29-27-20-11-15(2)19(13-21(20)28-29)25-24(33)26-23(30)18-10-9-17(31-3)12-22(18)32-4/h5-13H,1-4H3,(H2,25,26,30,33). The van der Waals surface area contributed by atoms with E-state index in [1.807, 2.05) is 50.2 Å². The van der Waals surface area contributed by atoms with E-state index in [2.05, 4.69) is 20.8 Å². The number of carbonyl (C=O) groups is 1. The lowest BCUT2D eigenvalue weighted by atomic mass is 10.1. The zero-order valence-electron chi connectivity index (χ0n) is 18.7. The summed E-state index contributed by atoms with van der Waals surface area (Å²) in [5.41, 5.74) is 5.49. The van der Waals surface area contributed by atoms with Crippen LogP contribution in [0, 0.1) is 13.8 Å². The second-order valence-electron chi connectivity index (χ2n) is 7.46. The first-order chi connectivity index (χ1) is 15.9. The third-order valence-corrected chi connectivity index (χ3v) is 5.32. The van der Waals surface area contributed by atoms with Crippen molar-refractivity contribution in [1.82, 2.24) is 20.3 Å². The first-order valence-corrected chi connectivity index (χ1v) is 10.6. The van der Waals surface area contributed by atoms with Crippen LogP contribution in [0.2, 0.25) is 0 Å². The van der Waals surface area contributed by atoms with Crippen molar-refractivity contribution < 1.29 is 14.3 Å². The Morgan fingerprint density at radius 1 is 0.939 bits per heavy atom. The van der Waals surface area contributed by atoms with Crippen molar-refractivity contribution in [1.29, 1.82) is 0 Å². The van der Waals surface area contributed by atoms with Crippen LogP contribution in [0.15, 0.2) is 54.6 Å². The van der Waals surface area contributed by atoms with E-state index >= 15 is 0 Å². The highest BCUT2D eigenvalue weighted by atomic mass is 32.1. The van der Waals surface area contributed by atoms with Crippen molar-refractivity contribution in [2.45, 2.75) is 13.8 Å². The molecular formula is C24H23N5O3S. The molecule has 0 aliphatic heterocycles. The summed E-state index contributed by atoms with van der Waals surface area (Å²) >= 11 is 5.37. The molecule has 0 atom stereocenters. The van der Waals surface area contributed by atoms with Gasteiger partial charge in [-0.3, -0.25) is 10.1 Å². The molecule has 3 aromatic carbocycles. The number of thiocarbonyl (C=S) groups is 1. The Hall–Kier alpha value is -3.98. The molecule has 0 aliphatic rings. The maximum Gasteiger partial charge on any atom is 0.261 e. The summed E-state index contributed by atoms with van der Waals surface area (Å²) in [6.07, 6.45) is 0. The first-order valence-electron chi connectivity index (χ1n) is 10.2. The van der Waals surface area contributed by atoms with E-state index < -0.39 is 5.91 Å². The molecule has 1 aromatic heterocycles. The minimum atomic E-state index is -0.393. The number of aromatic nitrogens is 3. The Morgan fingerprint density at radius 3 is 2.30 bits per heavy atom. The molecule has 0 spiro atoms. The van der Waals surface area contributed by atoms with Crippen molar-refractivity contribution in [3.8, 4) is 17.2 Å². The average Bonchev–Trinajstić information content (AvgIpc) is 3.21. The number of amides is 1. The van der Waals surface area contributed by atoms with Gasteiger partial charge in [0.1, 0.15) is 22.5 Å². The molecule has 4 rings (SSSR count). The highest BCUT2D eigenvalue weighted by Gasteiger charge is 2.16. The van der Waals surface area contributed by atoms with Crippen LogP contribution in [-0.4, -0.2) is 40.2 Å². The predicted molar refractivity (Wildman–Crippen MR) is 132 cm³/mol. The second-order valence-corrected chi connectivity index (χ2v) is 7.86. The summed E-state index contributed by atoms with van der Waals surface area (Å²) < 4.78 is 10.5. The fourth-order valence-corrected chi connectivity index (χ4v) is 3.51. The summed E-state index contributed by atoms with van der Waals surface area (Å²) in [7, 11) is 3.04. The van der Waals surface area contributed by atoms with Gasteiger partial charge in [0.05, 0.1) is 25.5 Å². The van der Waals surface area contributed by atoms with Crippen LogP contribution in [0.5, 0.6) is 11.5 Å². The van der Waals surface area contributed by atoms with Gasteiger partial charge in [0.2, 0.25) is 0 Å². The fraction of sp³-hybridized carbons (Fsp3) is 0.167. The molecule has 0 radical (unpaired) electrons. The van der Waals surface area contributed by atoms with Crippen LogP contribution in [0.4, 0.5) is 5.69 Å². The third-order valence-electron chi connectivity index (χ3n) is 5.12. The summed E-state index contributed by atoms with van der Waals surface area (Å²) in [5.74, 6) is 0.586. The van der Waals surface area contributed by atoms with Crippen LogP contribution in [0.25, 0.3) is 16.7 Å². The van der Waals surface area contributed by atoms with Crippen LogP contribution in [0.3, 0.4) is 0 Å². The Balaban J connectivity index is 1.52. The highest BCUT2D eigenvalue weighted by molar-refractivity contribution is 7.80. The monoisotopic (exact) mass is 461 g/mol. The molecule has 1 heterocycles. The van der Waals surface area contributed by atoms with Crippen molar-refractivity contribution in [2.24, 2.45) is 0 Å². The van der Waals surface area contributed by atoms with Crippen molar-refractivity contribution in [3.05, 3.63) is 71.3 Å². The molecule has 2 N–H and O–H groups in total. The molecule has 0 saturated carbocycles.